The van der Waals surface area contributed by atoms with Gasteiger partial charge in [-0.2, -0.15) is 0 Å². The summed E-state index contributed by atoms with van der Waals surface area (Å²) < 4.78 is 4.66. The van der Waals surface area contributed by atoms with Crippen molar-refractivity contribution in [2.75, 3.05) is 12.4 Å². The maximum Gasteiger partial charge on any atom is 0.337 e. The van der Waals surface area contributed by atoms with E-state index >= 15 is 0 Å². The first-order chi connectivity index (χ1) is 9.35. The second kappa shape index (κ2) is 7.05. The van der Waals surface area contributed by atoms with Gasteiger partial charge in [0.15, 0.2) is 0 Å². The highest BCUT2D eigenvalue weighted by Crippen LogP contribution is 2.18. The van der Waals surface area contributed by atoms with Crippen molar-refractivity contribution in [1.82, 2.24) is 0 Å². The summed E-state index contributed by atoms with van der Waals surface area (Å²) in [6, 6.07) is 4.46. The number of ether oxygens (including phenoxy) is 1. The van der Waals surface area contributed by atoms with Crippen LogP contribution in [0.3, 0.4) is 0 Å². The van der Waals surface area contributed by atoms with Crippen molar-refractivity contribution < 1.29 is 14.3 Å². The Kier molecular flexibility index (Phi) is 5.70. The Labute approximate surface area is 119 Å². The Morgan fingerprint density at radius 3 is 2.55 bits per heavy atom. The molecule has 0 unspecified atom stereocenters. The molecule has 1 aromatic rings. The van der Waals surface area contributed by atoms with E-state index in [9.17, 15) is 9.59 Å². The molecule has 110 valence electrons. The molecule has 0 heterocycles. The zero-order chi connectivity index (χ0) is 15.3. The van der Waals surface area contributed by atoms with Gasteiger partial charge in [0.25, 0.3) is 0 Å². The Morgan fingerprint density at radius 2 is 2.00 bits per heavy atom. The zero-order valence-electron chi connectivity index (χ0n) is 12.4. The van der Waals surface area contributed by atoms with E-state index in [4.69, 9.17) is 5.73 Å². The third kappa shape index (κ3) is 4.35. The third-order valence-electron chi connectivity index (χ3n) is 2.98. The lowest BCUT2D eigenvalue weighted by Gasteiger charge is -2.15. The second-order valence-corrected chi connectivity index (χ2v) is 5.25. The highest BCUT2D eigenvalue weighted by Gasteiger charge is 2.16. The molecule has 0 aliphatic rings. The number of carbonyl (C=O) groups is 2. The van der Waals surface area contributed by atoms with Crippen molar-refractivity contribution in [3.63, 3.8) is 0 Å². The number of esters is 1. The van der Waals surface area contributed by atoms with Gasteiger partial charge >= 0.3 is 5.97 Å². The summed E-state index contributed by atoms with van der Waals surface area (Å²) in [4.78, 5) is 23.5. The number of nitrogens with two attached hydrogens (primary N) is 1. The monoisotopic (exact) mass is 278 g/mol. The summed E-state index contributed by atoms with van der Waals surface area (Å²) in [5.41, 5.74) is 7.68. The van der Waals surface area contributed by atoms with Crippen molar-refractivity contribution in [2.24, 2.45) is 11.7 Å². The first kappa shape index (κ1) is 16.2. The van der Waals surface area contributed by atoms with Gasteiger partial charge in [0.2, 0.25) is 5.91 Å². The first-order valence-electron chi connectivity index (χ1n) is 6.60. The van der Waals surface area contributed by atoms with E-state index < -0.39 is 12.0 Å². The topological polar surface area (TPSA) is 81.4 Å². The fourth-order valence-corrected chi connectivity index (χ4v) is 1.84. The predicted octanol–water partition coefficient (Wildman–Crippen LogP) is 2.09. The maximum atomic E-state index is 12.0. The van der Waals surface area contributed by atoms with Gasteiger partial charge in [-0.25, -0.2) is 4.79 Å². The number of benzene rings is 1. The lowest BCUT2D eigenvalue weighted by Crippen LogP contribution is -2.36. The minimum Gasteiger partial charge on any atom is -0.465 e. The molecule has 0 aliphatic carbocycles. The molecule has 0 radical (unpaired) electrons. The van der Waals surface area contributed by atoms with Gasteiger partial charge in [-0.1, -0.05) is 19.9 Å². The molecule has 5 nitrogen and oxygen atoms in total. The van der Waals surface area contributed by atoms with Crippen LogP contribution in [0.15, 0.2) is 18.2 Å². The van der Waals surface area contributed by atoms with Crippen LogP contribution < -0.4 is 11.1 Å². The second-order valence-electron chi connectivity index (χ2n) is 5.25. The average molecular weight is 278 g/mol. The number of amides is 1. The van der Waals surface area contributed by atoms with Gasteiger partial charge in [0.1, 0.15) is 0 Å². The Bertz CT molecular complexity index is 498. The summed E-state index contributed by atoms with van der Waals surface area (Å²) in [6.45, 7) is 5.87. The number of hydrogen-bond donors (Lipinski definition) is 2. The Balaban J connectivity index is 2.86. The molecular formula is C15H22N2O3. The SMILES string of the molecule is COC(=O)c1ccc(C)c(NC(=O)[C@@H](N)CC(C)C)c1. The van der Waals surface area contributed by atoms with Crippen molar-refractivity contribution in [3.8, 4) is 0 Å². The molecule has 5 heteroatoms. The van der Waals surface area contributed by atoms with Gasteiger partial charge in [-0.05, 0) is 37.0 Å². The molecule has 0 fully saturated rings. The normalized spacial score (nSPS) is 12.1. The molecule has 0 saturated heterocycles. The first-order valence-corrected chi connectivity index (χ1v) is 6.60. The van der Waals surface area contributed by atoms with Gasteiger partial charge in [-0.15, -0.1) is 0 Å². The number of carbonyl (C=O) groups excluding carboxylic acids is 2. The lowest BCUT2D eigenvalue weighted by molar-refractivity contribution is -0.117. The molecule has 0 spiro atoms. The summed E-state index contributed by atoms with van der Waals surface area (Å²) >= 11 is 0. The Morgan fingerprint density at radius 1 is 1.35 bits per heavy atom. The minimum atomic E-state index is -0.559. The van der Waals surface area contributed by atoms with E-state index in [0.717, 1.165) is 5.56 Å². The summed E-state index contributed by atoms with van der Waals surface area (Å²) in [7, 11) is 1.32. The molecule has 1 amide bonds. The highest BCUT2D eigenvalue weighted by molar-refractivity contribution is 5.97. The van der Waals surface area contributed by atoms with Gasteiger partial charge in [-0.3, -0.25) is 4.79 Å². The van der Waals surface area contributed by atoms with Gasteiger partial charge < -0.3 is 15.8 Å². The smallest absolute Gasteiger partial charge is 0.337 e. The average Bonchev–Trinajstić information content (AvgIpc) is 2.39. The van der Waals surface area contributed by atoms with Crippen LogP contribution in [0, 0.1) is 12.8 Å². The lowest BCUT2D eigenvalue weighted by atomic mass is 10.0. The number of nitrogens with one attached hydrogen (secondary N) is 1. The van der Waals surface area contributed by atoms with Crippen LogP contribution in [0.4, 0.5) is 5.69 Å². The van der Waals surface area contributed by atoms with Crippen LogP contribution in [-0.4, -0.2) is 25.0 Å². The summed E-state index contributed by atoms with van der Waals surface area (Å²) in [5.74, 6) is -0.339. The minimum absolute atomic E-state index is 0.246. The number of anilines is 1. The molecule has 0 aliphatic heterocycles. The van der Waals surface area contributed by atoms with Crippen molar-refractivity contribution in [1.29, 1.82) is 0 Å². The predicted molar refractivity (Wildman–Crippen MR) is 78.6 cm³/mol. The van der Waals surface area contributed by atoms with Crippen molar-refractivity contribution in [3.05, 3.63) is 29.3 Å². The molecule has 0 bridgehead atoms. The molecule has 20 heavy (non-hydrogen) atoms. The quantitative estimate of drug-likeness (QED) is 0.808. The van der Waals surface area contributed by atoms with E-state index in [2.05, 4.69) is 10.1 Å². The molecule has 1 aromatic carbocycles. The molecule has 0 saturated carbocycles. The maximum absolute atomic E-state index is 12.0. The molecule has 1 rings (SSSR count). The fourth-order valence-electron chi connectivity index (χ4n) is 1.84. The van der Waals surface area contributed by atoms with E-state index in [-0.39, 0.29) is 5.91 Å². The number of methoxy groups -OCH3 is 1. The van der Waals surface area contributed by atoms with Crippen LogP contribution in [0.5, 0.6) is 0 Å². The van der Waals surface area contributed by atoms with Gasteiger partial charge in [0, 0.05) is 5.69 Å². The fraction of sp³-hybridized carbons (Fsp3) is 0.467. The number of aryl methyl sites for hydroxylation is 1. The van der Waals surface area contributed by atoms with Crippen LogP contribution in [0.2, 0.25) is 0 Å². The van der Waals surface area contributed by atoms with Crippen LogP contribution in [0.25, 0.3) is 0 Å². The zero-order valence-corrected chi connectivity index (χ0v) is 12.4. The standard InChI is InChI=1S/C15H22N2O3/c1-9(2)7-12(16)14(18)17-13-8-11(15(19)20-4)6-5-10(13)3/h5-6,8-9,12H,7,16H2,1-4H3,(H,17,18)/t12-/m0/s1. The van der Waals surface area contributed by atoms with Crippen molar-refractivity contribution >= 4 is 17.6 Å². The highest BCUT2D eigenvalue weighted by atomic mass is 16.5. The number of rotatable bonds is 5. The van der Waals surface area contributed by atoms with E-state index in [1.54, 1.807) is 18.2 Å². The van der Waals surface area contributed by atoms with Crippen LogP contribution >= 0.6 is 0 Å². The summed E-state index contributed by atoms with van der Waals surface area (Å²) in [5, 5.41) is 2.76. The molecular weight excluding hydrogens is 256 g/mol. The van der Waals surface area contributed by atoms with E-state index in [1.807, 2.05) is 20.8 Å². The largest absolute Gasteiger partial charge is 0.465 e. The van der Waals surface area contributed by atoms with E-state index in [1.165, 1.54) is 7.11 Å². The van der Waals surface area contributed by atoms with Crippen molar-refractivity contribution in [2.45, 2.75) is 33.2 Å². The summed E-state index contributed by atoms with van der Waals surface area (Å²) in [6.07, 6.45) is 0.613. The van der Waals surface area contributed by atoms with E-state index in [0.29, 0.717) is 23.6 Å². The molecule has 0 aromatic heterocycles. The third-order valence-corrected chi connectivity index (χ3v) is 2.98. The number of hydrogen-bond acceptors (Lipinski definition) is 4. The van der Waals surface area contributed by atoms with Crippen LogP contribution in [-0.2, 0) is 9.53 Å². The molecule has 1 atom stereocenters. The van der Waals surface area contributed by atoms with Gasteiger partial charge in [0.05, 0.1) is 18.7 Å². The van der Waals surface area contributed by atoms with Crippen LogP contribution in [0.1, 0.15) is 36.2 Å². The Hall–Kier alpha value is -1.88. The molecule has 3 N–H and O–H groups in total.